The lowest BCUT2D eigenvalue weighted by atomic mass is 10.2. The summed E-state index contributed by atoms with van der Waals surface area (Å²) in [7, 11) is 0. The molecule has 0 aliphatic rings. The van der Waals surface area contributed by atoms with Gasteiger partial charge in [-0.2, -0.15) is 0 Å². The van der Waals surface area contributed by atoms with Gasteiger partial charge in [0.15, 0.2) is 0 Å². The summed E-state index contributed by atoms with van der Waals surface area (Å²) >= 11 is 0. The number of hydrogen-bond acceptors (Lipinski definition) is 5. The lowest BCUT2D eigenvalue weighted by Crippen LogP contribution is -2.26. The van der Waals surface area contributed by atoms with Crippen molar-refractivity contribution in [1.29, 1.82) is 0 Å². The van der Waals surface area contributed by atoms with Gasteiger partial charge in [-0.25, -0.2) is 9.78 Å². The van der Waals surface area contributed by atoms with E-state index in [0.29, 0.717) is 38.7 Å². The molecule has 0 radical (unpaired) electrons. The highest BCUT2D eigenvalue weighted by Crippen LogP contribution is 2.20. The second kappa shape index (κ2) is 12.5. The maximum atomic E-state index is 12.4. The largest absolute Gasteiger partial charge is 0.445 e. The first kappa shape index (κ1) is 23.3. The summed E-state index contributed by atoms with van der Waals surface area (Å²) < 4.78 is 12.6. The highest BCUT2D eigenvalue weighted by Gasteiger charge is 2.13. The lowest BCUT2D eigenvalue weighted by molar-refractivity contribution is -0.116. The van der Waals surface area contributed by atoms with Crippen LogP contribution in [0.2, 0.25) is 0 Å². The fourth-order valence-corrected chi connectivity index (χ4v) is 3.27. The molecule has 8 nitrogen and oxygen atoms in total. The molecule has 0 saturated carbocycles. The molecule has 2 N–H and O–H groups in total. The molecule has 0 aliphatic carbocycles. The van der Waals surface area contributed by atoms with Crippen LogP contribution >= 0.6 is 0 Å². The number of alkyl carbamates (subject to hydrolysis) is 1. The van der Waals surface area contributed by atoms with Crippen LogP contribution in [0.3, 0.4) is 0 Å². The van der Waals surface area contributed by atoms with Crippen LogP contribution in [-0.4, -0.2) is 41.3 Å². The predicted octanol–water partition coefficient (Wildman–Crippen LogP) is 4.11. The molecule has 0 fully saturated rings. The average molecular weight is 439 g/mol. The van der Waals surface area contributed by atoms with E-state index in [0.717, 1.165) is 23.0 Å². The molecular formula is C24H30N4O4. The number of nitrogens with one attached hydrogen (secondary N) is 2. The zero-order valence-corrected chi connectivity index (χ0v) is 18.4. The van der Waals surface area contributed by atoms with Gasteiger partial charge in [0.1, 0.15) is 6.61 Å². The zero-order chi connectivity index (χ0) is 22.6. The highest BCUT2D eigenvalue weighted by atomic mass is 16.5. The van der Waals surface area contributed by atoms with E-state index < -0.39 is 6.09 Å². The van der Waals surface area contributed by atoms with E-state index in [2.05, 4.69) is 15.6 Å². The molecule has 0 saturated heterocycles. The number of carbonyl (C=O) groups is 2. The summed E-state index contributed by atoms with van der Waals surface area (Å²) in [5.74, 6) is 0.383. The molecule has 8 heteroatoms. The van der Waals surface area contributed by atoms with Crippen LogP contribution in [0.4, 0.5) is 10.7 Å². The van der Waals surface area contributed by atoms with Gasteiger partial charge in [0, 0.05) is 32.7 Å². The molecule has 0 bridgehead atoms. The standard InChI is InChI=1S/C24H30N4O4/c1-2-31-17-9-16-28-21-13-7-6-12-20(21)26-23(28)27-22(29)14-8-15-25-24(30)32-18-19-10-4-3-5-11-19/h3-7,10-13H,2,8-9,14-18H2,1H3,(H,25,30)(H,26,27,29). The van der Waals surface area contributed by atoms with Crippen molar-refractivity contribution in [1.82, 2.24) is 14.9 Å². The van der Waals surface area contributed by atoms with Crippen LogP contribution < -0.4 is 10.6 Å². The minimum absolute atomic E-state index is 0.147. The summed E-state index contributed by atoms with van der Waals surface area (Å²) in [4.78, 5) is 28.8. The number of nitrogens with zero attached hydrogens (tertiary/aromatic N) is 2. The highest BCUT2D eigenvalue weighted by molar-refractivity contribution is 5.91. The number of amides is 2. The van der Waals surface area contributed by atoms with Crippen LogP contribution in [0.5, 0.6) is 0 Å². The second-order valence-electron chi connectivity index (χ2n) is 7.27. The Morgan fingerprint density at radius 2 is 1.81 bits per heavy atom. The summed E-state index contributed by atoms with van der Waals surface area (Å²) in [5.41, 5.74) is 2.73. The molecule has 0 unspecified atom stereocenters. The van der Waals surface area contributed by atoms with Crippen molar-refractivity contribution in [2.24, 2.45) is 0 Å². The van der Waals surface area contributed by atoms with E-state index in [4.69, 9.17) is 9.47 Å². The number of anilines is 1. The Labute approximate surface area is 187 Å². The number of benzene rings is 2. The van der Waals surface area contributed by atoms with E-state index >= 15 is 0 Å². The first-order valence-corrected chi connectivity index (χ1v) is 10.9. The van der Waals surface area contributed by atoms with Crippen molar-refractivity contribution in [2.45, 2.75) is 39.3 Å². The van der Waals surface area contributed by atoms with Gasteiger partial charge in [-0.3, -0.25) is 10.1 Å². The Hall–Kier alpha value is -3.39. The third kappa shape index (κ3) is 7.09. The minimum atomic E-state index is -0.495. The Bertz CT molecular complexity index is 1000. The Morgan fingerprint density at radius 1 is 1.03 bits per heavy atom. The van der Waals surface area contributed by atoms with Crippen molar-refractivity contribution in [3.8, 4) is 0 Å². The Balaban J connectivity index is 1.43. The maximum absolute atomic E-state index is 12.4. The van der Waals surface area contributed by atoms with Gasteiger partial charge >= 0.3 is 6.09 Å². The number of aryl methyl sites for hydroxylation is 1. The number of rotatable bonds is 12. The molecule has 1 heterocycles. The number of para-hydroxylation sites is 2. The van der Waals surface area contributed by atoms with Crippen molar-refractivity contribution in [3.05, 3.63) is 60.2 Å². The first-order chi connectivity index (χ1) is 15.7. The van der Waals surface area contributed by atoms with E-state index in [1.54, 1.807) is 0 Å². The normalized spacial score (nSPS) is 10.8. The smallest absolute Gasteiger partial charge is 0.407 e. The molecule has 0 aliphatic heterocycles. The molecular weight excluding hydrogens is 408 g/mol. The van der Waals surface area contributed by atoms with E-state index in [9.17, 15) is 9.59 Å². The quantitative estimate of drug-likeness (QED) is 0.415. The number of aromatic nitrogens is 2. The summed E-state index contributed by atoms with van der Waals surface area (Å²) in [6.45, 7) is 4.57. The van der Waals surface area contributed by atoms with Gasteiger partial charge < -0.3 is 19.4 Å². The first-order valence-electron chi connectivity index (χ1n) is 10.9. The molecule has 0 atom stereocenters. The fourth-order valence-electron chi connectivity index (χ4n) is 3.27. The topological polar surface area (TPSA) is 94.5 Å². The van der Waals surface area contributed by atoms with Crippen molar-refractivity contribution < 1.29 is 19.1 Å². The molecule has 3 aromatic rings. The van der Waals surface area contributed by atoms with E-state index in [1.807, 2.05) is 66.1 Å². The Morgan fingerprint density at radius 3 is 2.62 bits per heavy atom. The Kier molecular flexibility index (Phi) is 9.06. The third-order valence-electron chi connectivity index (χ3n) is 4.84. The van der Waals surface area contributed by atoms with E-state index in [1.165, 1.54) is 0 Å². The van der Waals surface area contributed by atoms with Crippen LogP contribution in [0.25, 0.3) is 11.0 Å². The van der Waals surface area contributed by atoms with Gasteiger partial charge in [0.05, 0.1) is 11.0 Å². The molecule has 2 aromatic carbocycles. The SMILES string of the molecule is CCOCCCn1c(NC(=O)CCCNC(=O)OCc2ccccc2)nc2ccccc21. The third-order valence-corrected chi connectivity index (χ3v) is 4.84. The van der Waals surface area contributed by atoms with Crippen molar-refractivity contribution >= 4 is 29.0 Å². The number of hydrogen-bond donors (Lipinski definition) is 2. The van der Waals surface area contributed by atoms with Crippen LogP contribution in [0, 0.1) is 0 Å². The number of carbonyl (C=O) groups excluding carboxylic acids is 2. The predicted molar refractivity (Wildman–Crippen MR) is 123 cm³/mol. The molecule has 0 spiro atoms. The van der Waals surface area contributed by atoms with Crippen LogP contribution in [0.1, 0.15) is 31.7 Å². The molecule has 32 heavy (non-hydrogen) atoms. The number of imidazole rings is 1. The van der Waals surface area contributed by atoms with Gasteiger partial charge in [0.2, 0.25) is 11.9 Å². The maximum Gasteiger partial charge on any atom is 0.407 e. The summed E-state index contributed by atoms with van der Waals surface area (Å²) in [5, 5.41) is 5.57. The molecule has 170 valence electrons. The van der Waals surface area contributed by atoms with Gasteiger partial charge in [-0.15, -0.1) is 0 Å². The fraction of sp³-hybridized carbons (Fsp3) is 0.375. The second-order valence-corrected chi connectivity index (χ2v) is 7.27. The van der Waals surface area contributed by atoms with Crippen molar-refractivity contribution in [2.75, 3.05) is 25.1 Å². The molecule has 1 aromatic heterocycles. The van der Waals surface area contributed by atoms with Gasteiger partial charge in [-0.1, -0.05) is 42.5 Å². The number of ether oxygens (including phenoxy) is 2. The zero-order valence-electron chi connectivity index (χ0n) is 18.4. The average Bonchev–Trinajstić information content (AvgIpc) is 3.15. The number of fused-ring (bicyclic) bond motifs is 1. The summed E-state index contributed by atoms with van der Waals surface area (Å²) in [6, 6.07) is 17.3. The monoisotopic (exact) mass is 438 g/mol. The van der Waals surface area contributed by atoms with Gasteiger partial charge in [0.25, 0.3) is 0 Å². The van der Waals surface area contributed by atoms with Crippen LogP contribution in [0.15, 0.2) is 54.6 Å². The summed E-state index contributed by atoms with van der Waals surface area (Å²) in [6.07, 6.45) is 1.09. The van der Waals surface area contributed by atoms with E-state index in [-0.39, 0.29) is 18.9 Å². The minimum Gasteiger partial charge on any atom is -0.445 e. The van der Waals surface area contributed by atoms with Gasteiger partial charge in [-0.05, 0) is 37.5 Å². The molecule has 2 amide bonds. The lowest BCUT2D eigenvalue weighted by Gasteiger charge is -2.10. The van der Waals surface area contributed by atoms with Crippen molar-refractivity contribution in [3.63, 3.8) is 0 Å². The molecule has 3 rings (SSSR count). The van der Waals surface area contributed by atoms with Crippen LogP contribution in [-0.2, 0) is 27.4 Å².